The molecule has 7 heteroatoms. The number of hydrogen-bond acceptors (Lipinski definition) is 3. The zero-order valence-corrected chi connectivity index (χ0v) is 17.8. The number of halogens is 1. The summed E-state index contributed by atoms with van der Waals surface area (Å²) in [5.74, 6) is -0.296. The molecule has 4 rings (SSSR count). The number of ether oxygens (including phenoxy) is 1. The van der Waals surface area contributed by atoms with Crippen LogP contribution in [0, 0.1) is 19.7 Å². The second-order valence-corrected chi connectivity index (χ2v) is 8.07. The van der Waals surface area contributed by atoms with Crippen LogP contribution < -0.4 is 10.6 Å². The summed E-state index contributed by atoms with van der Waals surface area (Å²) in [4.78, 5) is 12.9. The summed E-state index contributed by atoms with van der Waals surface area (Å²) >= 11 is 0. The Morgan fingerprint density at radius 3 is 2.55 bits per heavy atom. The van der Waals surface area contributed by atoms with E-state index in [2.05, 4.69) is 15.7 Å². The zero-order valence-electron chi connectivity index (χ0n) is 17.8. The molecule has 0 saturated carbocycles. The standard InChI is InChI=1S/C24H27FN4O2/c1-17-14-18(2)29(28-17)16-19-4-3-5-22(15-19)26-23(30)27-24(10-12-31-13-11-24)20-6-8-21(25)9-7-20/h3-9,14-15H,10-13,16H2,1-2H3,(H2,26,27,30). The molecule has 2 N–H and O–H groups in total. The summed E-state index contributed by atoms with van der Waals surface area (Å²) in [6, 6.07) is 15.8. The molecule has 1 aromatic heterocycles. The lowest BCUT2D eigenvalue weighted by Crippen LogP contribution is -2.50. The first-order valence-electron chi connectivity index (χ1n) is 10.5. The number of nitrogens with one attached hydrogen (secondary N) is 2. The second kappa shape index (κ2) is 8.89. The predicted molar refractivity (Wildman–Crippen MR) is 118 cm³/mol. The van der Waals surface area contributed by atoms with E-state index in [9.17, 15) is 9.18 Å². The van der Waals surface area contributed by atoms with Crippen LogP contribution in [-0.2, 0) is 16.8 Å². The molecule has 0 bridgehead atoms. The van der Waals surface area contributed by atoms with E-state index < -0.39 is 5.54 Å². The molecule has 0 aliphatic carbocycles. The molecule has 3 aromatic rings. The van der Waals surface area contributed by atoms with Gasteiger partial charge in [-0.05, 0) is 68.1 Å². The first kappa shape index (κ1) is 21.1. The molecular weight excluding hydrogens is 395 g/mol. The highest BCUT2D eigenvalue weighted by Crippen LogP contribution is 2.32. The van der Waals surface area contributed by atoms with Crippen LogP contribution in [0.2, 0.25) is 0 Å². The highest BCUT2D eigenvalue weighted by molar-refractivity contribution is 5.90. The maximum Gasteiger partial charge on any atom is 0.319 e. The molecule has 162 valence electrons. The summed E-state index contributed by atoms with van der Waals surface area (Å²) in [7, 11) is 0. The fourth-order valence-electron chi connectivity index (χ4n) is 4.11. The number of anilines is 1. The van der Waals surface area contributed by atoms with Gasteiger partial charge in [0.15, 0.2) is 0 Å². The number of aryl methyl sites for hydroxylation is 2. The molecule has 1 aliphatic rings. The average molecular weight is 423 g/mol. The van der Waals surface area contributed by atoms with Gasteiger partial charge in [0.2, 0.25) is 0 Å². The van der Waals surface area contributed by atoms with Crippen LogP contribution in [0.15, 0.2) is 54.6 Å². The van der Waals surface area contributed by atoms with Crippen molar-refractivity contribution in [3.63, 3.8) is 0 Å². The van der Waals surface area contributed by atoms with Gasteiger partial charge in [0.05, 0.1) is 17.8 Å². The summed E-state index contributed by atoms with van der Waals surface area (Å²) in [5, 5.41) is 10.6. The van der Waals surface area contributed by atoms with E-state index in [0.29, 0.717) is 38.3 Å². The molecule has 1 saturated heterocycles. The molecule has 0 atom stereocenters. The lowest BCUT2D eigenvalue weighted by molar-refractivity contribution is 0.0418. The Kier molecular flexibility index (Phi) is 6.04. The van der Waals surface area contributed by atoms with Crippen molar-refractivity contribution in [1.29, 1.82) is 0 Å². The van der Waals surface area contributed by atoms with Gasteiger partial charge in [0.1, 0.15) is 5.82 Å². The van der Waals surface area contributed by atoms with Crippen LogP contribution in [0.25, 0.3) is 0 Å². The van der Waals surface area contributed by atoms with Crippen LogP contribution in [0.3, 0.4) is 0 Å². The van der Waals surface area contributed by atoms with Gasteiger partial charge >= 0.3 is 6.03 Å². The highest BCUT2D eigenvalue weighted by atomic mass is 19.1. The van der Waals surface area contributed by atoms with Gasteiger partial charge in [-0.15, -0.1) is 0 Å². The number of carbonyl (C=O) groups excluding carboxylic acids is 1. The van der Waals surface area contributed by atoms with Gasteiger partial charge in [-0.3, -0.25) is 4.68 Å². The van der Waals surface area contributed by atoms with Gasteiger partial charge in [-0.2, -0.15) is 5.10 Å². The van der Waals surface area contributed by atoms with E-state index in [1.807, 2.05) is 48.9 Å². The fourth-order valence-corrected chi connectivity index (χ4v) is 4.11. The minimum atomic E-state index is -0.586. The van der Waals surface area contributed by atoms with Gasteiger partial charge in [-0.1, -0.05) is 24.3 Å². The van der Waals surface area contributed by atoms with Crippen molar-refractivity contribution in [2.45, 2.75) is 38.8 Å². The van der Waals surface area contributed by atoms with Crippen molar-refractivity contribution in [3.8, 4) is 0 Å². The first-order valence-corrected chi connectivity index (χ1v) is 10.5. The quantitative estimate of drug-likeness (QED) is 0.636. The zero-order chi connectivity index (χ0) is 21.8. The third-order valence-electron chi connectivity index (χ3n) is 5.72. The predicted octanol–water partition coefficient (Wildman–Crippen LogP) is 4.51. The number of hydrogen-bond donors (Lipinski definition) is 2. The van der Waals surface area contributed by atoms with E-state index in [4.69, 9.17) is 4.74 Å². The molecule has 0 spiro atoms. The minimum Gasteiger partial charge on any atom is -0.381 e. The van der Waals surface area contributed by atoms with Crippen LogP contribution in [-0.4, -0.2) is 29.0 Å². The largest absolute Gasteiger partial charge is 0.381 e. The van der Waals surface area contributed by atoms with Crippen LogP contribution >= 0.6 is 0 Å². The summed E-state index contributed by atoms with van der Waals surface area (Å²) in [6.45, 7) is 5.70. The minimum absolute atomic E-state index is 0.296. The van der Waals surface area contributed by atoms with Gasteiger partial charge in [-0.25, -0.2) is 9.18 Å². The van der Waals surface area contributed by atoms with Crippen LogP contribution in [0.5, 0.6) is 0 Å². The Hall–Kier alpha value is -3.19. The lowest BCUT2D eigenvalue weighted by Gasteiger charge is -2.38. The van der Waals surface area contributed by atoms with E-state index in [-0.39, 0.29) is 11.8 Å². The third kappa shape index (κ3) is 4.94. The maximum absolute atomic E-state index is 13.4. The molecule has 2 heterocycles. The number of benzene rings is 2. The van der Waals surface area contributed by atoms with E-state index in [1.54, 1.807) is 12.1 Å². The Morgan fingerprint density at radius 2 is 1.87 bits per heavy atom. The molecule has 2 amide bonds. The normalized spacial score (nSPS) is 15.5. The number of aromatic nitrogens is 2. The SMILES string of the molecule is Cc1cc(C)n(Cc2cccc(NC(=O)NC3(c4ccc(F)cc4)CCOCC3)c2)n1. The van der Waals surface area contributed by atoms with Crippen LogP contribution in [0.4, 0.5) is 14.9 Å². The smallest absolute Gasteiger partial charge is 0.319 e. The Bertz CT molecular complexity index is 1060. The van der Waals surface area contributed by atoms with Crippen molar-refractivity contribution in [1.82, 2.24) is 15.1 Å². The number of urea groups is 1. The van der Waals surface area contributed by atoms with Crippen LogP contribution in [0.1, 0.15) is 35.4 Å². The van der Waals surface area contributed by atoms with Gasteiger partial charge in [0, 0.05) is 24.6 Å². The monoisotopic (exact) mass is 422 g/mol. The Balaban J connectivity index is 1.48. The Morgan fingerprint density at radius 1 is 1.13 bits per heavy atom. The lowest BCUT2D eigenvalue weighted by atomic mass is 9.83. The third-order valence-corrected chi connectivity index (χ3v) is 5.72. The molecule has 1 aliphatic heterocycles. The number of rotatable bonds is 5. The second-order valence-electron chi connectivity index (χ2n) is 8.07. The molecule has 2 aromatic carbocycles. The van der Waals surface area contributed by atoms with E-state index in [0.717, 1.165) is 22.5 Å². The van der Waals surface area contributed by atoms with Gasteiger partial charge < -0.3 is 15.4 Å². The molecule has 0 unspecified atom stereocenters. The van der Waals surface area contributed by atoms with Crippen molar-refractivity contribution in [3.05, 3.63) is 82.9 Å². The van der Waals surface area contributed by atoms with E-state index in [1.165, 1.54) is 12.1 Å². The average Bonchev–Trinajstić information content (AvgIpc) is 3.06. The highest BCUT2D eigenvalue weighted by Gasteiger charge is 2.36. The maximum atomic E-state index is 13.4. The molecule has 6 nitrogen and oxygen atoms in total. The molecule has 31 heavy (non-hydrogen) atoms. The Labute approximate surface area is 181 Å². The van der Waals surface area contributed by atoms with Gasteiger partial charge in [0.25, 0.3) is 0 Å². The topological polar surface area (TPSA) is 68.2 Å². The number of amides is 2. The molecule has 0 radical (unpaired) electrons. The molecular formula is C24H27FN4O2. The van der Waals surface area contributed by atoms with E-state index >= 15 is 0 Å². The van der Waals surface area contributed by atoms with Crippen molar-refractivity contribution >= 4 is 11.7 Å². The summed E-state index contributed by atoms with van der Waals surface area (Å²) in [5.41, 5.74) is 4.12. The first-order chi connectivity index (χ1) is 14.9. The van der Waals surface area contributed by atoms with Crippen molar-refractivity contribution in [2.24, 2.45) is 0 Å². The summed E-state index contributed by atoms with van der Waals surface area (Å²) < 4.78 is 20.9. The van der Waals surface area contributed by atoms with Crippen molar-refractivity contribution in [2.75, 3.05) is 18.5 Å². The number of nitrogens with zero attached hydrogens (tertiary/aromatic N) is 2. The fraction of sp³-hybridized carbons (Fsp3) is 0.333. The molecule has 1 fully saturated rings. The van der Waals surface area contributed by atoms with Crippen molar-refractivity contribution < 1.29 is 13.9 Å². The number of carbonyl (C=O) groups is 1. The summed E-state index contributed by atoms with van der Waals surface area (Å²) in [6.07, 6.45) is 1.26.